The van der Waals surface area contributed by atoms with E-state index in [4.69, 9.17) is 4.74 Å². The number of amides is 1. The number of piperidine rings is 1. The van der Waals surface area contributed by atoms with E-state index in [1.807, 2.05) is 0 Å². The first kappa shape index (κ1) is 14.5. The molecule has 2 aliphatic heterocycles. The van der Waals surface area contributed by atoms with Crippen molar-refractivity contribution in [2.24, 2.45) is 5.92 Å². The topological polar surface area (TPSA) is 41.6 Å². The van der Waals surface area contributed by atoms with Crippen LogP contribution in [-0.4, -0.2) is 49.7 Å². The maximum Gasteiger partial charge on any atom is 0.249 e. The van der Waals surface area contributed by atoms with Crippen LogP contribution >= 0.6 is 0 Å². The van der Waals surface area contributed by atoms with E-state index in [0.717, 1.165) is 45.6 Å². The van der Waals surface area contributed by atoms with E-state index in [2.05, 4.69) is 29.3 Å². The number of nitrogens with zero attached hydrogens (tertiary/aromatic N) is 1. The van der Waals surface area contributed by atoms with Crippen LogP contribution in [0.25, 0.3) is 0 Å². The molecule has 19 heavy (non-hydrogen) atoms. The second-order valence-corrected chi connectivity index (χ2v) is 5.56. The van der Waals surface area contributed by atoms with Crippen LogP contribution < -0.4 is 5.32 Å². The summed E-state index contributed by atoms with van der Waals surface area (Å²) in [6.45, 7) is 6.96. The summed E-state index contributed by atoms with van der Waals surface area (Å²) >= 11 is 0. The molecule has 0 saturated carbocycles. The fourth-order valence-corrected chi connectivity index (χ4v) is 2.77. The largest absolute Gasteiger partial charge is 0.368 e. The zero-order valence-corrected chi connectivity index (χ0v) is 11.9. The van der Waals surface area contributed by atoms with Crippen LogP contribution in [0.3, 0.4) is 0 Å². The summed E-state index contributed by atoms with van der Waals surface area (Å²) in [7, 11) is 0. The van der Waals surface area contributed by atoms with Gasteiger partial charge < -0.3 is 10.1 Å². The normalized spacial score (nSPS) is 26.1. The van der Waals surface area contributed by atoms with E-state index in [-0.39, 0.29) is 12.0 Å². The Morgan fingerprint density at radius 3 is 2.79 bits per heavy atom. The van der Waals surface area contributed by atoms with Gasteiger partial charge in [0.25, 0.3) is 0 Å². The van der Waals surface area contributed by atoms with Crippen LogP contribution in [0.4, 0.5) is 0 Å². The van der Waals surface area contributed by atoms with Crippen LogP contribution in [0.15, 0.2) is 12.2 Å². The van der Waals surface area contributed by atoms with Gasteiger partial charge in [-0.15, -0.1) is 0 Å². The Balaban J connectivity index is 1.61. The Bertz CT molecular complexity index is 303. The van der Waals surface area contributed by atoms with Gasteiger partial charge in [0.15, 0.2) is 0 Å². The number of likely N-dealkylation sites (tertiary alicyclic amines) is 1. The van der Waals surface area contributed by atoms with Crippen LogP contribution in [0.1, 0.15) is 32.6 Å². The van der Waals surface area contributed by atoms with Crippen molar-refractivity contribution in [3.8, 4) is 0 Å². The lowest BCUT2D eigenvalue weighted by molar-refractivity contribution is -0.130. The summed E-state index contributed by atoms with van der Waals surface area (Å²) in [5.41, 5.74) is 0. The lowest BCUT2D eigenvalue weighted by atomic mass is 9.96. The lowest BCUT2D eigenvalue weighted by Gasteiger charge is -2.31. The Hall–Kier alpha value is -0.870. The van der Waals surface area contributed by atoms with Gasteiger partial charge in [-0.25, -0.2) is 0 Å². The molecule has 0 aromatic heterocycles. The molecule has 4 heteroatoms. The van der Waals surface area contributed by atoms with Crippen LogP contribution in [0.2, 0.25) is 0 Å². The van der Waals surface area contributed by atoms with Gasteiger partial charge in [-0.2, -0.15) is 0 Å². The maximum absolute atomic E-state index is 11.8. The van der Waals surface area contributed by atoms with Crippen LogP contribution in [0.5, 0.6) is 0 Å². The first-order valence-electron chi connectivity index (χ1n) is 7.52. The van der Waals surface area contributed by atoms with Crippen molar-refractivity contribution in [1.29, 1.82) is 0 Å². The second kappa shape index (κ2) is 7.65. The summed E-state index contributed by atoms with van der Waals surface area (Å²) in [5.74, 6) is 0.723. The minimum Gasteiger partial charge on any atom is -0.368 e. The van der Waals surface area contributed by atoms with E-state index >= 15 is 0 Å². The van der Waals surface area contributed by atoms with Gasteiger partial charge in [0.2, 0.25) is 5.91 Å². The van der Waals surface area contributed by atoms with E-state index in [1.54, 1.807) is 0 Å². The molecule has 2 rings (SSSR count). The fourth-order valence-electron chi connectivity index (χ4n) is 2.77. The minimum atomic E-state index is -0.185. The standard InChI is InChI=1S/C15H26N2O2/c1-2-3-8-17-9-6-13(7-10-17)12-16-15(18)14-5-4-11-19-14/h2-3,13-14H,4-12H2,1H3,(H,16,18)/t14-/m1/s1. The van der Waals surface area contributed by atoms with Crippen molar-refractivity contribution in [2.75, 3.05) is 32.8 Å². The van der Waals surface area contributed by atoms with Crippen molar-refractivity contribution < 1.29 is 9.53 Å². The number of hydrogen-bond donors (Lipinski definition) is 1. The highest BCUT2D eigenvalue weighted by Crippen LogP contribution is 2.17. The minimum absolute atomic E-state index is 0.0915. The Labute approximate surface area is 116 Å². The van der Waals surface area contributed by atoms with Crippen LogP contribution in [-0.2, 0) is 9.53 Å². The molecular weight excluding hydrogens is 240 g/mol. The molecule has 1 atom stereocenters. The third-order valence-corrected chi connectivity index (χ3v) is 4.09. The number of allylic oxidation sites excluding steroid dienone is 1. The first-order chi connectivity index (χ1) is 9.29. The maximum atomic E-state index is 11.8. The van der Waals surface area contributed by atoms with Gasteiger partial charge in [0, 0.05) is 19.7 Å². The van der Waals surface area contributed by atoms with Crippen molar-refractivity contribution in [3.63, 3.8) is 0 Å². The monoisotopic (exact) mass is 266 g/mol. The average Bonchev–Trinajstić information content (AvgIpc) is 2.98. The highest BCUT2D eigenvalue weighted by molar-refractivity contribution is 5.80. The molecule has 1 amide bonds. The summed E-state index contributed by atoms with van der Waals surface area (Å²) in [6, 6.07) is 0. The smallest absolute Gasteiger partial charge is 0.249 e. The second-order valence-electron chi connectivity index (χ2n) is 5.56. The molecule has 108 valence electrons. The molecule has 2 aliphatic rings. The SMILES string of the molecule is CC=CCN1CCC(CNC(=O)[C@H]2CCCO2)CC1. The number of ether oxygens (including phenoxy) is 1. The zero-order chi connectivity index (χ0) is 13.5. The lowest BCUT2D eigenvalue weighted by Crippen LogP contribution is -2.41. The fraction of sp³-hybridized carbons (Fsp3) is 0.800. The molecule has 0 spiro atoms. The number of carbonyl (C=O) groups excluding carboxylic acids is 1. The van der Waals surface area contributed by atoms with E-state index in [1.165, 1.54) is 12.8 Å². The number of hydrogen-bond acceptors (Lipinski definition) is 3. The Morgan fingerprint density at radius 2 is 2.16 bits per heavy atom. The van der Waals surface area contributed by atoms with Crippen LogP contribution in [0, 0.1) is 5.92 Å². The number of rotatable bonds is 5. The van der Waals surface area contributed by atoms with Gasteiger partial charge >= 0.3 is 0 Å². The van der Waals surface area contributed by atoms with E-state index in [9.17, 15) is 4.79 Å². The molecule has 0 bridgehead atoms. The summed E-state index contributed by atoms with van der Waals surface area (Å²) in [4.78, 5) is 14.3. The van der Waals surface area contributed by atoms with Gasteiger partial charge in [0.1, 0.15) is 6.10 Å². The number of nitrogens with one attached hydrogen (secondary N) is 1. The Kier molecular flexibility index (Phi) is 5.86. The van der Waals surface area contributed by atoms with Crippen molar-refractivity contribution in [3.05, 3.63) is 12.2 Å². The third-order valence-electron chi connectivity index (χ3n) is 4.09. The number of carbonyl (C=O) groups is 1. The highest BCUT2D eigenvalue weighted by atomic mass is 16.5. The van der Waals surface area contributed by atoms with E-state index < -0.39 is 0 Å². The molecule has 4 nitrogen and oxygen atoms in total. The summed E-state index contributed by atoms with van der Waals surface area (Å²) < 4.78 is 5.39. The molecule has 0 aromatic carbocycles. The molecule has 1 N–H and O–H groups in total. The molecule has 0 aromatic rings. The molecule has 2 heterocycles. The van der Waals surface area contributed by atoms with Gasteiger partial charge in [0.05, 0.1) is 0 Å². The van der Waals surface area contributed by atoms with Gasteiger partial charge in [-0.05, 0) is 51.6 Å². The predicted molar refractivity (Wildman–Crippen MR) is 76.0 cm³/mol. The molecular formula is C15H26N2O2. The quantitative estimate of drug-likeness (QED) is 0.768. The third kappa shape index (κ3) is 4.62. The van der Waals surface area contributed by atoms with E-state index in [0.29, 0.717) is 5.92 Å². The highest BCUT2D eigenvalue weighted by Gasteiger charge is 2.25. The predicted octanol–water partition coefficient (Wildman–Crippen LogP) is 1.57. The molecule has 0 unspecified atom stereocenters. The molecule has 2 fully saturated rings. The summed E-state index contributed by atoms with van der Waals surface area (Å²) in [6.07, 6.45) is 8.39. The van der Waals surface area contributed by atoms with Crippen molar-refractivity contribution in [2.45, 2.75) is 38.7 Å². The van der Waals surface area contributed by atoms with Crippen molar-refractivity contribution in [1.82, 2.24) is 10.2 Å². The van der Waals surface area contributed by atoms with Crippen molar-refractivity contribution >= 4 is 5.91 Å². The molecule has 2 saturated heterocycles. The zero-order valence-electron chi connectivity index (χ0n) is 11.9. The average molecular weight is 266 g/mol. The summed E-state index contributed by atoms with van der Waals surface area (Å²) in [5, 5.41) is 3.06. The molecule has 0 aliphatic carbocycles. The Morgan fingerprint density at radius 1 is 1.37 bits per heavy atom. The first-order valence-corrected chi connectivity index (χ1v) is 7.52. The molecule has 0 radical (unpaired) electrons. The van der Waals surface area contributed by atoms with Gasteiger partial charge in [-0.3, -0.25) is 9.69 Å². The van der Waals surface area contributed by atoms with Gasteiger partial charge in [-0.1, -0.05) is 12.2 Å².